The number of amides is 2. The molecule has 0 aliphatic carbocycles. The second-order valence-electron chi connectivity index (χ2n) is 10.3. The van der Waals surface area contributed by atoms with Crippen LogP contribution in [-0.4, -0.2) is 23.5 Å². The molecule has 0 bridgehead atoms. The molecule has 1 heterocycles. The molecule has 6 nitrogen and oxygen atoms in total. The monoisotopic (exact) mass is 550 g/mol. The predicted octanol–water partition coefficient (Wildman–Crippen LogP) is 6.64. The summed E-state index contributed by atoms with van der Waals surface area (Å²) in [7, 11) is 0. The number of furan rings is 1. The highest BCUT2D eigenvalue weighted by molar-refractivity contribution is 6.06. The van der Waals surface area contributed by atoms with E-state index in [2.05, 4.69) is 10.6 Å². The van der Waals surface area contributed by atoms with E-state index in [4.69, 9.17) is 4.42 Å². The van der Waals surface area contributed by atoms with Gasteiger partial charge in [-0.2, -0.15) is 0 Å². The molecule has 0 fully saturated rings. The van der Waals surface area contributed by atoms with Crippen LogP contribution in [0.15, 0.2) is 102 Å². The lowest BCUT2D eigenvalue weighted by atomic mass is 9.86. The maximum Gasteiger partial charge on any atom is 0.255 e. The lowest BCUT2D eigenvalue weighted by Crippen LogP contribution is -2.32. The predicted molar refractivity (Wildman–Crippen MR) is 157 cm³/mol. The lowest BCUT2D eigenvalue weighted by molar-refractivity contribution is 0.0940. The van der Waals surface area contributed by atoms with Crippen LogP contribution in [0, 0.1) is 11.7 Å². The number of hydrogen-bond donors (Lipinski definition) is 3. The van der Waals surface area contributed by atoms with Gasteiger partial charge in [-0.1, -0.05) is 86.6 Å². The number of halogens is 1. The quantitative estimate of drug-likeness (QED) is 0.192. The van der Waals surface area contributed by atoms with E-state index in [1.807, 2.05) is 62.4 Å². The van der Waals surface area contributed by atoms with E-state index in [9.17, 15) is 19.1 Å². The fraction of sp³-hybridized carbons (Fsp3) is 0.176. The number of fused-ring (bicyclic) bond motifs is 1. The van der Waals surface area contributed by atoms with Gasteiger partial charge in [0.15, 0.2) is 0 Å². The highest BCUT2D eigenvalue weighted by Crippen LogP contribution is 2.35. The summed E-state index contributed by atoms with van der Waals surface area (Å²) in [5, 5.41) is 17.4. The van der Waals surface area contributed by atoms with Crippen molar-refractivity contribution in [3.63, 3.8) is 0 Å². The first-order valence-corrected chi connectivity index (χ1v) is 13.5. The maximum absolute atomic E-state index is 13.9. The van der Waals surface area contributed by atoms with Crippen LogP contribution in [0.25, 0.3) is 22.1 Å². The van der Waals surface area contributed by atoms with Crippen molar-refractivity contribution in [1.29, 1.82) is 0 Å². The molecule has 5 aromatic rings. The second kappa shape index (κ2) is 12.2. The van der Waals surface area contributed by atoms with Crippen LogP contribution in [0.3, 0.4) is 0 Å². The Balaban J connectivity index is 1.66. The minimum atomic E-state index is -0.805. The number of aliphatic hydroxyl groups excluding tert-OH is 1. The van der Waals surface area contributed by atoms with Gasteiger partial charge in [-0.05, 0) is 51.9 Å². The van der Waals surface area contributed by atoms with E-state index in [1.54, 1.807) is 30.3 Å². The molecule has 4 aromatic carbocycles. The number of benzene rings is 4. The SMILES string of the molecule is CC(C)CNC(=O)c1c(-c2ccccc2)ccc(C(NC(=O)c2coc3ccccc23)c2ccc(F)cc2)c1CO. The highest BCUT2D eigenvalue weighted by atomic mass is 19.1. The van der Waals surface area contributed by atoms with Crippen molar-refractivity contribution < 1.29 is 23.5 Å². The zero-order valence-electron chi connectivity index (χ0n) is 22.9. The first kappa shape index (κ1) is 27.8. The Bertz CT molecular complexity index is 1680. The van der Waals surface area contributed by atoms with Gasteiger partial charge in [0.2, 0.25) is 0 Å². The molecule has 0 saturated carbocycles. The Hall–Kier alpha value is -4.75. The Labute approximate surface area is 237 Å². The van der Waals surface area contributed by atoms with Crippen molar-refractivity contribution in [3.8, 4) is 11.1 Å². The molecule has 7 heteroatoms. The summed E-state index contributed by atoms with van der Waals surface area (Å²) >= 11 is 0. The smallest absolute Gasteiger partial charge is 0.255 e. The van der Waals surface area contributed by atoms with E-state index < -0.39 is 24.4 Å². The number of nitrogens with one attached hydrogen (secondary N) is 2. The van der Waals surface area contributed by atoms with E-state index >= 15 is 0 Å². The standard InChI is InChI=1S/C34H31FN2O4/c1-21(2)18-36-34(40)31-25(22-8-4-3-5-9-22)16-17-27(28(31)19-38)32(23-12-14-24(35)15-13-23)37-33(39)29-20-41-30-11-7-6-10-26(29)30/h3-17,20-21,32,38H,18-19H2,1-2H3,(H,36,40)(H,37,39). The Morgan fingerprint density at radius 2 is 1.59 bits per heavy atom. The third-order valence-corrected chi connectivity index (χ3v) is 7.01. The minimum Gasteiger partial charge on any atom is -0.463 e. The van der Waals surface area contributed by atoms with Gasteiger partial charge >= 0.3 is 0 Å². The molecule has 5 rings (SSSR count). The fourth-order valence-corrected chi connectivity index (χ4v) is 4.97. The average Bonchev–Trinajstić information content (AvgIpc) is 3.43. The van der Waals surface area contributed by atoms with Gasteiger partial charge < -0.3 is 20.2 Å². The number of aliphatic hydroxyl groups is 1. The number of carbonyl (C=O) groups excluding carboxylic acids is 2. The molecule has 0 spiro atoms. The van der Waals surface area contributed by atoms with Gasteiger partial charge in [-0.15, -0.1) is 0 Å². The molecule has 41 heavy (non-hydrogen) atoms. The zero-order valence-corrected chi connectivity index (χ0v) is 22.9. The summed E-state index contributed by atoms with van der Waals surface area (Å²) in [6, 6.07) is 25.3. The number of carbonyl (C=O) groups is 2. The summed E-state index contributed by atoms with van der Waals surface area (Å²) in [6.45, 7) is 4.00. The Kier molecular flexibility index (Phi) is 8.26. The Morgan fingerprint density at radius 1 is 0.878 bits per heavy atom. The molecule has 3 N–H and O–H groups in total. The summed E-state index contributed by atoms with van der Waals surface area (Å²) < 4.78 is 19.5. The van der Waals surface area contributed by atoms with Crippen molar-refractivity contribution in [3.05, 3.63) is 131 Å². The van der Waals surface area contributed by atoms with Gasteiger partial charge in [0.25, 0.3) is 11.8 Å². The molecule has 0 saturated heterocycles. The summed E-state index contributed by atoms with van der Waals surface area (Å²) in [5.74, 6) is -0.939. The van der Waals surface area contributed by atoms with Crippen LogP contribution in [0.1, 0.15) is 57.3 Å². The molecule has 208 valence electrons. The van der Waals surface area contributed by atoms with E-state index in [0.29, 0.717) is 50.9 Å². The van der Waals surface area contributed by atoms with Crippen molar-refractivity contribution in [1.82, 2.24) is 10.6 Å². The van der Waals surface area contributed by atoms with Crippen LogP contribution in [0.4, 0.5) is 4.39 Å². The first-order valence-electron chi connectivity index (χ1n) is 13.5. The van der Waals surface area contributed by atoms with Gasteiger partial charge in [-0.25, -0.2) is 4.39 Å². The third kappa shape index (κ3) is 5.90. The fourth-order valence-electron chi connectivity index (χ4n) is 4.97. The van der Waals surface area contributed by atoms with Crippen molar-refractivity contribution in [2.45, 2.75) is 26.5 Å². The van der Waals surface area contributed by atoms with Crippen molar-refractivity contribution in [2.24, 2.45) is 5.92 Å². The van der Waals surface area contributed by atoms with Crippen molar-refractivity contribution in [2.75, 3.05) is 6.54 Å². The normalized spacial score (nSPS) is 11.9. The van der Waals surface area contributed by atoms with Crippen molar-refractivity contribution >= 4 is 22.8 Å². The largest absolute Gasteiger partial charge is 0.463 e. The second-order valence-corrected chi connectivity index (χ2v) is 10.3. The summed E-state index contributed by atoms with van der Waals surface area (Å²) in [5.41, 5.74) is 4.20. The molecule has 2 amide bonds. The molecule has 1 aromatic heterocycles. The number of para-hydroxylation sites is 1. The topological polar surface area (TPSA) is 91.6 Å². The molecule has 0 aliphatic heterocycles. The van der Waals surface area contributed by atoms with Crippen LogP contribution < -0.4 is 10.6 Å². The minimum absolute atomic E-state index is 0.218. The molecule has 1 unspecified atom stereocenters. The Morgan fingerprint density at radius 3 is 2.29 bits per heavy atom. The van der Waals surface area contributed by atoms with Crippen LogP contribution in [0.5, 0.6) is 0 Å². The van der Waals surface area contributed by atoms with E-state index in [-0.39, 0.29) is 11.8 Å². The number of hydrogen-bond acceptors (Lipinski definition) is 4. The third-order valence-electron chi connectivity index (χ3n) is 7.01. The van der Waals surface area contributed by atoms with Gasteiger partial charge in [-0.3, -0.25) is 9.59 Å². The van der Waals surface area contributed by atoms with Crippen LogP contribution in [0.2, 0.25) is 0 Å². The number of rotatable bonds is 9. The average molecular weight is 551 g/mol. The molecule has 0 radical (unpaired) electrons. The summed E-state index contributed by atoms with van der Waals surface area (Å²) in [6.07, 6.45) is 1.40. The lowest BCUT2D eigenvalue weighted by Gasteiger charge is -2.25. The van der Waals surface area contributed by atoms with Gasteiger partial charge in [0, 0.05) is 11.9 Å². The molecule has 1 atom stereocenters. The molecule has 0 aliphatic rings. The zero-order chi connectivity index (χ0) is 28.9. The summed E-state index contributed by atoms with van der Waals surface area (Å²) in [4.78, 5) is 27.3. The molecular formula is C34H31FN2O4. The van der Waals surface area contributed by atoms with E-state index in [1.165, 1.54) is 18.4 Å². The van der Waals surface area contributed by atoms with Gasteiger partial charge in [0.05, 0.1) is 23.8 Å². The van der Waals surface area contributed by atoms with Crippen LogP contribution in [-0.2, 0) is 6.61 Å². The molecular weight excluding hydrogens is 519 g/mol. The van der Waals surface area contributed by atoms with Crippen LogP contribution >= 0.6 is 0 Å². The van der Waals surface area contributed by atoms with Gasteiger partial charge in [0.1, 0.15) is 17.7 Å². The highest BCUT2D eigenvalue weighted by Gasteiger charge is 2.27. The maximum atomic E-state index is 13.9. The van der Waals surface area contributed by atoms with E-state index in [0.717, 1.165) is 5.56 Å². The first-order chi connectivity index (χ1) is 19.9.